The average Bonchev–Trinajstić information content (AvgIpc) is 2.74. The molecule has 4 rings (SSSR count). The van der Waals surface area contributed by atoms with Crippen molar-refractivity contribution < 1.29 is 9.53 Å². The minimum absolute atomic E-state index is 0.116. The summed E-state index contributed by atoms with van der Waals surface area (Å²) in [5.74, 6) is 0.388. The summed E-state index contributed by atoms with van der Waals surface area (Å²) in [6.07, 6.45) is 2.03. The molecule has 1 amide bonds. The standard InChI is InChI=1S/C24H21N3O3/c1-17-11-12-22-25-19(14-24(29)27(22)15-17)16-30-21-10-6-5-9-20(21)26-23(28)13-18-7-3-2-4-8-18/h2-12,14-15H,13,16H2,1H3,(H,26,28). The number of ether oxygens (including phenoxy) is 1. The maximum Gasteiger partial charge on any atom is 0.258 e. The molecular weight excluding hydrogens is 378 g/mol. The van der Waals surface area contributed by atoms with Crippen LogP contribution in [0.2, 0.25) is 0 Å². The molecule has 0 saturated carbocycles. The van der Waals surface area contributed by atoms with Crippen molar-refractivity contribution in [2.24, 2.45) is 0 Å². The molecule has 0 aliphatic rings. The van der Waals surface area contributed by atoms with Crippen molar-refractivity contribution in [2.75, 3.05) is 5.32 Å². The minimum atomic E-state index is -0.160. The summed E-state index contributed by atoms with van der Waals surface area (Å²) in [4.78, 5) is 29.3. The van der Waals surface area contributed by atoms with Gasteiger partial charge >= 0.3 is 0 Å². The zero-order valence-electron chi connectivity index (χ0n) is 16.5. The van der Waals surface area contributed by atoms with E-state index in [1.165, 1.54) is 10.5 Å². The van der Waals surface area contributed by atoms with Gasteiger partial charge < -0.3 is 10.1 Å². The molecular formula is C24H21N3O3. The Morgan fingerprint density at radius 1 is 1.03 bits per heavy atom. The normalized spacial score (nSPS) is 10.7. The van der Waals surface area contributed by atoms with Crippen LogP contribution in [0.1, 0.15) is 16.8 Å². The first kappa shape index (κ1) is 19.4. The van der Waals surface area contributed by atoms with Crippen molar-refractivity contribution in [3.05, 3.63) is 106 Å². The Kier molecular flexibility index (Phi) is 5.57. The molecule has 150 valence electrons. The third kappa shape index (κ3) is 4.55. The van der Waals surface area contributed by atoms with Crippen LogP contribution in [0, 0.1) is 6.92 Å². The number of carbonyl (C=O) groups is 1. The Labute approximate surface area is 173 Å². The molecule has 0 aliphatic carbocycles. The number of anilines is 1. The van der Waals surface area contributed by atoms with Gasteiger partial charge in [0.25, 0.3) is 5.56 Å². The number of nitrogens with one attached hydrogen (secondary N) is 1. The predicted octanol–water partition coefficient (Wildman–Crippen LogP) is 3.76. The van der Waals surface area contributed by atoms with Gasteiger partial charge in [0.2, 0.25) is 5.91 Å². The fourth-order valence-electron chi connectivity index (χ4n) is 3.16. The minimum Gasteiger partial charge on any atom is -0.485 e. The lowest BCUT2D eigenvalue weighted by Crippen LogP contribution is -2.17. The second-order valence-corrected chi connectivity index (χ2v) is 7.02. The molecule has 2 aromatic heterocycles. The third-order valence-corrected chi connectivity index (χ3v) is 4.60. The average molecular weight is 399 g/mol. The number of aromatic nitrogens is 2. The molecule has 4 aromatic rings. The van der Waals surface area contributed by atoms with E-state index in [0.717, 1.165) is 11.1 Å². The van der Waals surface area contributed by atoms with Crippen LogP contribution in [0.15, 0.2) is 83.8 Å². The van der Waals surface area contributed by atoms with Gasteiger partial charge in [-0.1, -0.05) is 48.5 Å². The largest absolute Gasteiger partial charge is 0.485 e. The molecule has 2 aromatic carbocycles. The van der Waals surface area contributed by atoms with Crippen molar-refractivity contribution in [3.8, 4) is 5.75 Å². The lowest BCUT2D eigenvalue weighted by Gasteiger charge is -2.13. The van der Waals surface area contributed by atoms with E-state index in [1.54, 1.807) is 24.4 Å². The molecule has 30 heavy (non-hydrogen) atoms. The number of para-hydroxylation sites is 2. The molecule has 1 N–H and O–H groups in total. The second kappa shape index (κ2) is 8.61. The second-order valence-electron chi connectivity index (χ2n) is 7.02. The van der Waals surface area contributed by atoms with Crippen LogP contribution in [0.3, 0.4) is 0 Å². The number of pyridine rings is 1. The molecule has 0 radical (unpaired) electrons. The molecule has 6 nitrogen and oxygen atoms in total. The van der Waals surface area contributed by atoms with Crippen LogP contribution in [-0.4, -0.2) is 15.3 Å². The van der Waals surface area contributed by atoms with Crippen LogP contribution < -0.4 is 15.6 Å². The van der Waals surface area contributed by atoms with Crippen molar-refractivity contribution in [1.29, 1.82) is 0 Å². The first-order valence-electron chi connectivity index (χ1n) is 9.63. The van der Waals surface area contributed by atoms with Gasteiger partial charge in [-0.2, -0.15) is 0 Å². The summed E-state index contributed by atoms with van der Waals surface area (Å²) in [6.45, 7) is 2.04. The van der Waals surface area contributed by atoms with Gasteiger partial charge in [0.05, 0.1) is 17.8 Å². The Morgan fingerprint density at radius 3 is 2.63 bits per heavy atom. The maximum atomic E-state index is 12.4. The predicted molar refractivity (Wildman–Crippen MR) is 116 cm³/mol. The quantitative estimate of drug-likeness (QED) is 0.536. The number of carbonyl (C=O) groups excluding carboxylic acids is 1. The van der Waals surface area contributed by atoms with E-state index in [1.807, 2.05) is 55.5 Å². The lowest BCUT2D eigenvalue weighted by molar-refractivity contribution is -0.115. The van der Waals surface area contributed by atoms with Gasteiger partial charge in [-0.05, 0) is 36.2 Å². The van der Waals surface area contributed by atoms with Crippen LogP contribution in [0.25, 0.3) is 5.65 Å². The molecule has 0 unspecified atom stereocenters. The van der Waals surface area contributed by atoms with E-state index in [-0.39, 0.29) is 24.5 Å². The molecule has 0 spiro atoms. The van der Waals surface area contributed by atoms with Crippen molar-refractivity contribution in [1.82, 2.24) is 9.38 Å². The number of rotatable bonds is 6. The van der Waals surface area contributed by atoms with Crippen molar-refractivity contribution in [2.45, 2.75) is 20.0 Å². The van der Waals surface area contributed by atoms with Crippen LogP contribution in [0.5, 0.6) is 5.75 Å². The molecule has 6 heteroatoms. The number of fused-ring (bicyclic) bond motifs is 1. The van der Waals surface area contributed by atoms with E-state index >= 15 is 0 Å². The summed E-state index contributed by atoms with van der Waals surface area (Å²) < 4.78 is 7.39. The third-order valence-electron chi connectivity index (χ3n) is 4.60. The number of hydrogen-bond donors (Lipinski definition) is 1. The first-order valence-corrected chi connectivity index (χ1v) is 9.63. The molecule has 2 heterocycles. The number of amides is 1. The monoisotopic (exact) mass is 399 g/mol. The van der Waals surface area contributed by atoms with Crippen LogP contribution in [-0.2, 0) is 17.8 Å². The van der Waals surface area contributed by atoms with Gasteiger partial charge in [-0.15, -0.1) is 0 Å². The number of hydrogen-bond acceptors (Lipinski definition) is 4. The van der Waals surface area contributed by atoms with Gasteiger partial charge in [0, 0.05) is 12.3 Å². The first-order chi connectivity index (χ1) is 14.6. The van der Waals surface area contributed by atoms with E-state index in [9.17, 15) is 9.59 Å². The number of benzene rings is 2. The smallest absolute Gasteiger partial charge is 0.258 e. The topological polar surface area (TPSA) is 72.7 Å². The Bertz CT molecular complexity index is 1250. The molecule has 0 bridgehead atoms. The SMILES string of the molecule is Cc1ccc2nc(COc3ccccc3NC(=O)Cc3ccccc3)cc(=O)n2c1. The fourth-order valence-corrected chi connectivity index (χ4v) is 3.16. The van der Waals surface area contributed by atoms with E-state index in [2.05, 4.69) is 10.3 Å². The van der Waals surface area contributed by atoms with Gasteiger partial charge in [0.15, 0.2) is 0 Å². The van der Waals surface area contributed by atoms with E-state index in [0.29, 0.717) is 22.8 Å². The van der Waals surface area contributed by atoms with E-state index < -0.39 is 0 Å². The molecule has 0 aliphatic heterocycles. The van der Waals surface area contributed by atoms with Crippen molar-refractivity contribution >= 4 is 17.2 Å². The summed E-state index contributed by atoms with van der Waals surface area (Å²) in [5.41, 5.74) is 3.42. The van der Waals surface area contributed by atoms with Gasteiger partial charge in [-0.25, -0.2) is 4.98 Å². The summed E-state index contributed by atoms with van der Waals surface area (Å²) >= 11 is 0. The molecule has 0 atom stereocenters. The van der Waals surface area contributed by atoms with Crippen LogP contribution in [0.4, 0.5) is 5.69 Å². The highest BCUT2D eigenvalue weighted by atomic mass is 16.5. The lowest BCUT2D eigenvalue weighted by atomic mass is 10.1. The zero-order valence-corrected chi connectivity index (χ0v) is 16.5. The zero-order chi connectivity index (χ0) is 20.9. The number of aryl methyl sites for hydroxylation is 1. The molecule has 0 saturated heterocycles. The highest BCUT2D eigenvalue weighted by Gasteiger charge is 2.10. The fraction of sp³-hybridized carbons (Fsp3) is 0.125. The van der Waals surface area contributed by atoms with Crippen LogP contribution >= 0.6 is 0 Å². The maximum absolute atomic E-state index is 12.4. The summed E-state index contributed by atoms with van der Waals surface area (Å²) in [5, 5.41) is 2.89. The van der Waals surface area contributed by atoms with Crippen molar-refractivity contribution in [3.63, 3.8) is 0 Å². The Balaban J connectivity index is 1.48. The highest BCUT2D eigenvalue weighted by molar-refractivity contribution is 5.93. The number of nitrogens with zero attached hydrogens (tertiary/aromatic N) is 2. The van der Waals surface area contributed by atoms with E-state index in [4.69, 9.17) is 4.74 Å². The highest BCUT2D eigenvalue weighted by Crippen LogP contribution is 2.24. The summed E-state index contributed by atoms with van der Waals surface area (Å²) in [7, 11) is 0. The summed E-state index contributed by atoms with van der Waals surface area (Å²) in [6, 6.07) is 21.9. The molecule has 0 fully saturated rings. The van der Waals surface area contributed by atoms with Gasteiger partial charge in [0.1, 0.15) is 18.0 Å². The Hall–Kier alpha value is -3.93. The van der Waals surface area contributed by atoms with Gasteiger partial charge in [-0.3, -0.25) is 14.0 Å². The Morgan fingerprint density at radius 2 is 1.80 bits per heavy atom.